The van der Waals surface area contributed by atoms with E-state index in [-0.39, 0.29) is 43.8 Å². The van der Waals surface area contributed by atoms with Crippen molar-refractivity contribution < 1.29 is 24.3 Å². The highest BCUT2D eigenvalue weighted by atomic mass is 16.4. The predicted octanol–water partition coefficient (Wildman–Crippen LogP) is -2.87. The van der Waals surface area contributed by atoms with Crippen molar-refractivity contribution in [2.45, 2.75) is 89.4 Å². The molecule has 0 aromatic rings. The molecule has 0 bridgehead atoms. The quantitative estimate of drug-likeness (QED) is 0.0379. The zero-order valence-corrected chi connectivity index (χ0v) is 23.6. The van der Waals surface area contributed by atoms with Gasteiger partial charge in [0.15, 0.2) is 11.9 Å². The monoisotopic (exact) mass is 571 g/mol. The molecule has 40 heavy (non-hydrogen) atoms. The van der Waals surface area contributed by atoms with Crippen LogP contribution >= 0.6 is 0 Å². The Kier molecular flexibility index (Phi) is 18.4. The highest BCUT2D eigenvalue weighted by Gasteiger charge is 2.31. The third-order valence-corrected chi connectivity index (χ3v) is 6.24. The van der Waals surface area contributed by atoms with E-state index in [0.29, 0.717) is 45.1 Å². The molecular weight excluding hydrogens is 522 g/mol. The number of hydrogen-bond donors (Lipinski definition) is 10. The first kappa shape index (κ1) is 36.3. The summed E-state index contributed by atoms with van der Waals surface area (Å²) in [7, 11) is 0. The van der Waals surface area contributed by atoms with E-state index in [2.05, 4.69) is 25.9 Å². The summed E-state index contributed by atoms with van der Waals surface area (Å²) in [5.74, 6) is -3.66. The van der Waals surface area contributed by atoms with Crippen LogP contribution in [0.2, 0.25) is 0 Å². The smallest absolute Gasteiger partial charge is 0.326 e. The number of guanidine groups is 2. The van der Waals surface area contributed by atoms with Crippen molar-refractivity contribution in [1.29, 1.82) is 0 Å². The molecule has 16 N–H and O–H groups in total. The Morgan fingerprint density at radius 1 is 0.750 bits per heavy atom. The van der Waals surface area contributed by atoms with E-state index in [4.69, 9.17) is 34.4 Å². The highest BCUT2D eigenvalue weighted by Crippen LogP contribution is 2.10. The van der Waals surface area contributed by atoms with Gasteiger partial charge in [-0.05, 0) is 51.0 Å². The average molecular weight is 572 g/mol. The Balaban J connectivity index is 5.76. The van der Waals surface area contributed by atoms with E-state index in [9.17, 15) is 24.3 Å². The van der Waals surface area contributed by atoms with Crippen LogP contribution in [-0.2, 0) is 19.2 Å². The normalized spacial score (nSPS) is 14.5. The van der Waals surface area contributed by atoms with Crippen molar-refractivity contribution in [1.82, 2.24) is 16.0 Å². The fraction of sp³-hybridized carbons (Fsp3) is 0.750. The first-order valence-electron chi connectivity index (χ1n) is 13.5. The molecule has 16 heteroatoms. The molecule has 0 aliphatic rings. The maximum Gasteiger partial charge on any atom is 0.326 e. The summed E-state index contributed by atoms with van der Waals surface area (Å²) in [6.45, 7) is 4.37. The van der Waals surface area contributed by atoms with E-state index in [0.717, 1.165) is 0 Å². The Morgan fingerprint density at radius 3 is 1.65 bits per heavy atom. The topological polar surface area (TPSA) is 305 Å². The van der Waals surface area contributed by atoms with Gasteiger partial charge in [0.25, 0.3) is 0 Å². The van der Waals surface area contributed by atoms with Gasteiger partial charge in [-0.15, -0.1) is 0 Å². The maximum atomic E-state index is 13.3. The Hall–Kier alpha value is -3.66. The number of carboxylic acids is 1. The van der Waals surface area contributed by atoms with Crippen LogP contribution in [-0.4, -0.2) is 84.5 Å². The van der Waals surface area contributed by atoms with Crippen LogP contribution in [0.3, 0.4) is 0 Å². The number of aliphatic carboxylic acids is 1. The van der Waals surface area contributed by atoms with Crippen molar-refractivity contribution in [2.24, 2.45) is 50.3 Å². The zero-order chi connectivity index (χ0) is 30.7. The Bertz CT molecular complexity index is 860. The number of nitrogens with one attached hydrogen (secondary N) is 3. The second-order valence-electron chi connectivity index (χ2n) is 9.62. The molecule has 0 saturated heterocycles. The van der Waals surface area contributed by atoms with Gasteiger partial charge in [-0.3, -0.25) is 24.4 Å². The molecule has 0 fully saturated rings. The van der Waals surface area contributed by atoms with Gasteiger partial charge in [-0.2, -0.15) is 0 Å². The third-order valence-electron chi connectivity index (χ3n) is 6.24. The molecule has 0 radical (unpaired) electrons. The van der Waals surface area contributed by atoms with Crippen molar-refractivity contribution >= 4 is 35.6 Å². The molecule has 0 aromatic carbocycles. The fourth-order valence-corrected chi connectivity index (χ4v) is 3.67. The van der Waals surface area contributed by atoms with Crippen molar-refractivity contribution in [2.75, 3.05) is 19.6 Å². The van der Waals surface area contributed by atoms with Gasteiger partial charge >= 0.3 is 5.97 Å². The van der Waals surface area contributed by atoms with Crippen molar-refractivity contribution in [3.05, 3.63) is 0 Å². The molecule has 0 rings (SSSR count). The lowest BCUT2D eigenvalue weighted by atomic mass is 9.98. The first-order chi connectivity index (χ1) is 18.8. The van der Waals surface area contributed by atoms with Crippen LogP contribution in [0.4, 0.5) is 0 Å². The van der Waals surface area contributed by atoms with E-state index >= 15 is 0 Å². The number of rotatable bonds is 21. The van der Waals surface area contributed by atoms with Gasteiger partial charge in [0.1, 0.15) is 18.1 Å². The number of unbranched alkanes of at least 4 members (excludes halogenated alkanes) is 1. The van der Waals surface area contributed by atoms with Gasteiger partial charge in [0.05, 0.1) is 6.04 Å². The molecule has 0 saturated carbocycles. The van der Waals surface area contributed by atoms with E-state index < -0.39 is 47.9 Å². The molecule has 230 valence electrons. The number of carbonyl (C=O) groups excluding carboxylic acids is 3. The second kappa shape index (κ2) is 20.3. The molecule has 0 aliphatic heterocycles. The number of hydrogen-bond acceptors (Lipinski definition) is 8. The standard InChI is InChI=1S/C24H49N11O5/c1-3-14(2)18(22(39)40)35-21(38)17(10-7-13-32-24(29)30)34-20(37)16(9-6-12-31-23(27)28)33-19(36)15(26)8-4-5-11-25/h14-18H,3-13,25-26H2,1-2H3,(H,33,36)(H,34,37)(H,35,38)(H,39,40)(H4,27,28,31)(H4,29,30,32). The first-order valence-corrected chi connectivity index (χ1v) is 13.5. The van der Waals surface area contributed by atoms with E-state index in [1.54, 1.807) is 13.8 Å². The highest BCUT2D eigenvalue weighted by molar-refractivity contribution is 5.94. The fourth-order valence-electron chi connectivity index (χ4n) is 3.67. The Morgan fingerprint density at radius 2 is 1.23 bits per heavy atom. The van der Waals surface area contributed by atoms with Gasteiger partial charge in [-0.25, -0.2) is 4.79 Å². The lowest BCUT2D eigenvalue weighted by Crippen LogP contribution is -2.57. The number of nitrogens with zero attached hydrogens (tertiary/aromatic N) is 2. The van der Waals surface area contributed by atoms with Crippen LogP contribution in [0.1, 0.15) is 65.2 Å². The minimum atomic E-state index is -1.19. The van der Waals surface area contributed by atoms with Gasteiger partial charge in [0, 0.05) is 13.1 Å². The van der Waals surface area contributed by atoms with Crippen LogP contribution in [0.25, 0.3) is 0 Å². The number of carboxylic acid groups (broad SMARTS) is 1. The molecule has 5 unspecified atom stereocenters. The lowest BCUT2D eigenvalue weighted by molar-refractivity contribution is -0.144. The summed E-state index contributed by atoms with van der Waals surface area (Å²) in [4.78, 5) is 58.7. The summed E-state index contributed by atoms with van der Waals surface area (Å²) < 4.78 is 0. The van der Waals surface area contributed by atoms with Crippen molar-refractivity contribution in [3.63, 3.8) is 0 Å². The summed E-state index contributed by atoms with van der Waals surface area (Å²) in [6, 6.07) is -4.19. The number of amides is 3. The predicted molar refractivity (Wildman–Crippen MR) is 154 cm³/mol. The molecule has 16 nitrogen and oxygen atoms in total. The molecular formula is C24H49N11O5. The van der Waals surface area contributed by atoms with Gasteiger partial charge in [-0.1, -0.05) is 26.7 Å². The number of carbonyl (C=O) groups is 4. The number of aliphatic imine (C=N–C) groups is 2. The van der Waals surface area contributed by atoms with E-state index in [1.807, 2.05) is 0 Å². The molecule has 5 atom stereocenters. The van der Waals surface area contributed by atoms with E-state index in [1.165, 1.54) is 0 Å². The molecule has 0 heterocycles. The SMILES string of the molecule is CCC(C)C(NC(=O)C(CCCN=C(N)N)NC(=O)C(CCCN=C(N)N)NC(=O)C(N)CCCCN)C(=O)O. The molecule has 0 aliphatic carbocycles. The minimum Gasteiger partial charge on any atom is -0.480 e. The van der Waals surface area contributed by atoms with Crippen molar-refractivity contribution in [3.8, 4) is 0 Å². The third kappa shape index (κ3) is 15.7. The Labute approximate surface area is 235 Å². The molecule has 0 aromatic heterocycles. The lowest BCUT2D eigenvalue weighted by Gasteiger charge is -2.26. The van der Waals surface area contributed by atoms with Crippen LogP contribution < -0.4 is 50.4 Å². The minimum absolute atomic E-state index is 0.106. The molecule has 0 spiro atoms. The zero-order valence-electron chi connectivity index (χ0n) is 23.6. The largest absolute Gasteiger partial charge is 0.480 e. The van der Waals surface area contributed by atoms with Gasteiger partial charge < -0.3 is 55.5 Å². The van der Waals surface area contributed by atoms with Crippen LogP contribution in [0.5, 0.6) is 0 Å². The maximum absolute atomic E-state index is 13.3. The second-order valence-corrected chi connectivity index (χ2v) is 9.62. The number of nitrogens with two attached hydrogens (primary N) is 6. The summed E-state index contributed by atoms with van der Waals surface area (Å²) in [6.07, 6.45) is 3.15. The average Bonchev–Trinajstić information content (AvgIpc) is 2.89. The summed E-state index contributed by atoms with van der Waals surface area (Å²) >= 11 is 0. The molecule has 3 amide bonds. The van der Waals surface area contributed by atoms with Crippen LogP contribution in [0.15, 0.2) is 9.98 Å². The van der Waals surface area contributed by atoms with Gasteiger partial charge in [0.2, 0.25) is 17.7 Å². The van der Waals surface area contributed by atoms with Crippen LogP contribution in [0, 0.1) is 5.92 Å². The summed E-state index contributed by atoms with van der Waals surface area (Å²) in [5, 5.41) is 17.4. The summed E-state index contributed by atoms with van der Waals surface area (Å²) in [5.41, 5.74) is 32.9.